The van der Waals surface area contributed by atoms with Gasteiger partial charge in [-0.3, -0.25) is 27.3 Å². The van der Waals surface area contributed by atoms with Crippen LogP contribution >= 0.6 is 11.6 Å². The number of rotatable bonds is 22. The molecule has 80 heavy (non-hydrogen) atoms. The number of nitrogen functional groups attached to an aromatic ring is 1. The van der Waals surface area contributed by atoms with E-state index in [2.05, 4.69) is 49.1 Å². The van der Waals surface area contributed by atoms with Crippen LogP contribution in [0.1, 0.15) is 0 Å². The molecule has 0 aliphatic carbocycles. The molecule has 0 aliphatic heterocycles. The maximum absolute atomic E-state index is 12.9. The van der Waals surface area contributed by atoms with E-state index in [1.54, 1.807) is 0 Å². The highest BCUT2D eigenvalue weighted by molar-refractivity contribution is 7.92. The largest absolute Gasteiger partial charge is 0.505 e. The lowest BCUT2D eigenvalue weighted by molar-refractivity contribution is 0.282. The summed E-state index contributed by atoms with van der Waals surface area (Å²) in [6, 6.07) is 9.94. The molecule has 10 N–H and O–H groups in total. The Kier molecular flexibility index (Phi) is 17.7. The van der Waals surface area contributed by atoms with Crippen LogP contribution in [0.4, 0.5) is 51.7 Å². The first-order valence-corrected chi connectivity index (χ1v) is 32.6. The summed E-state index contributed by atoms with van der Waals surface area (Å²) in [6.07, 6.45) is 0. The number of nitrogens with zero attached hydrogens (tertiary/aromatic N) is 8. The van der Waals surface area contributed by atoms with Gasteiger partial charge in [-0.2, -0.15) is 70.6 Å². The fourth-order valence-electron chi connectivity index (χ4n) is 6.58. The van der Waals surface area contributed by atoms with E-state index in [4.69, 9.17) is 26.4 Å². The second-order valence-electron chi connectivity index (χ2n) is 15.5. The number of hydrogen-bond acceptors (Lipinski definition) is 29. The topological polar surface area (TPSA) is 563 Å². The second-order valence-corrected chi connectivity index (χ2v) is 27.8. The van der Waals surface area contributed by atoms with Gasteiger partial charge in [0.05, 0.1) is 57.0 Å². The van der Waals surface area contributed by atoms with Gasteiger partial charge in [-0.1, -0.05) is 6.07 Å². The fourth-order valence-corrected chi connectivity index (χ4v) is 12.4. The summed E-state index contributed by atoms with van der Waals surface area (Å²) in [4.78, 5) is 6.41. The van der Waals surface area contributed by atoms with Crippen molar-refractivity contribution in [2.45, 2.75) is 29.4 Å². The second kappa shape index (κ2) is 22.7. The summed E-state index contributed by atoms with van der Waals surface area (Å²) in [5, 5.41) is 26.2. The van der Waals surface area contributed by atoms with Crippen molar-refractivity contribution in [3.05, 3.63) is 78.1 Å². The van der Waals surface area contributed by atoms with Crippen molar-refractivity contribution >= 4 is 155 Å². The van der Waals surface area contributed by atoms with Crippen LogP contribution in [0.15, 0.2) is 123 Å². The normalized spacial score (nSPS) is 13.3. The van der Waals surface area contributed by atoms with E-state index >= 15 is 0 Å². The van der Waals surface area contributed by atoms with E-state index in [9.17, 15) is 90.7 Å². The van der Waals surface area contributed by atoms with E-state index in [0.717, 1.165) is 41.3 Å². The quantitative estimate of drug-likeness (QED) is 0.0267. The zero-order valence-corrected chi connectivity index (χ0v) is 46.3. The number of halogens is 1. The Morgan fingerprint density at radius 3 is 1.62 bits per heavy atom. The Morgan fingerprint density at radius 2 is 1.10 bits per heavy atom. The van der Waals surface area contributed by atoms with Gasteiger partial charge in [-0.25, -0.2) is 25.2 Å². The third kappa shape index (κ3) is 15.4. The maximum Gasteiger partial charge on any atom is 0.397 e. The number of benzene rings is 5. The number of phenolic OH excluding ortho intramolecular Hbond substituents is 1. The van der Waals surface area contributed by atoms with Crippen LogP contribution in [0, 0.1) is 0 Å². The molecule has 0 aliphatic rings. The number of azo groups is 2. The molecule has 0 unspecified atom stereocenters. The summed E-state index contributed by atoms with van der Waals surface area (Å²) in [5.74, 6) is -4.50. The summed E-state index contributed by atoms with van der Waals surface area (Å²) >= 11 is 6.14. The minimum Gasteiger partial charge on any atom is -0.505 e. The lowest BCUT2D eigenvalue weighted by atomic mass is 10.1. The highest BCUT2D eigenvalue weighted by atomic mass is 35.5. The van der Waals surface area contributed by atoms with Gasteiger partial charge in [0.25, 0.3) is 40.5 Å². The average molecular weight is 1300 g/mol. The Morgan fingerprint density at radius 1 is 0.588 bits per heavy atom. The molecule has 0 amide bonds. The SMILES string of the molecule is CN(c1cccc(S(=O)(=O)CCOS(=O)(=O)O)c1)c1nc(Cl)nc(Nc2cc(N=Nc3c(S(=O)(=O)O)cc4cc(S(=O)(=O)O)c(N=Nc5ccc(S(=O)(=O)CCOS(=O)(=O)O)cc5)c(N)c4c3O)c(S(=O)(=O)O)cc2S(=O)(=O)O)n1. The summed E-state index contributed by atoms with van der Waals surface area (Å²) in [7, 11) is -39.6. The van der Waals surface area contributed by atoms with Crippen molar-refractivity contribution in [3.63, 3.8) is 0 Å². The molecule has 35 nitrogen and oxygen atoms in total. The monoisotopic (exact) mass is 1300 g/mol. The van der Waals surface area contributed by atoms with Gasteiger partial charge in [0, 0.05) is 12.7 Å². The molecule has 5 aromatic carbocycles. The number of aromatic hydroxyl groups is 1. The molecule has 0 atom stereocenters. The van der Waals surface area contributed by atoms with Crippen LogP contribution in [0.3, 0.4) is 0 Å². The zero-order valence-electron chi connectivity index (χ0n) is 39.0. The first kappa shape index (κ1) is 62.5. The summed E-state index contributed by atoms with van der Waals surface area (Å²) in [5.41, 5.74) is 0.500. The van der Waals surface area contributed by atoms with Gasteiger partial charge in [-0.15, -0.1) is 15.3 Å². The van der Waals surface area contributed by atoms with Crippen LogP contribution in [0.25, 0.3) is 10.8 Å². The van der Waals surface area contributed by atoms with Crippen LogP contribution in [-0.4, -0.2) is 146 Å². The van der Waals surface area contributed by atoms with E-state index in [1.165, 1.54) is 19.2 Å². The molecule has 432 valence electrons. The number of hydrogen-bond donors (Lipinski definition) is 9. The van der Waals surface area contributed by atoms with Crippen molar-refractivity contribution in [2.24, 2.45) is 20.5 Å². The van der Waals surface area contributed by atoms with Gasteiger partial charge in [0.2, 0.25) is 17.2 Å². The fraction of sp³-hybridized carbons (Fsp3) is 0.139. The number of nitrogens with two attached hydrogens (primary N) is 1. The molecular weight excluding hydrogens is 1260 g/mol. The number of phenols is 1. The smallest absolute Gasteiger partial charge is 0.397 e. The third-order valence-electron chi connectivity index (χ3n) is 10.1. The predicted octanol–water partition coefficient (Wildman–Crippen LogP) is 3.48. The first-order chi connectivity index (χ1) is 36.6. The lowest BCUT2D eigenvalue weighted by Gasteiger charge is -2.19. The molecule has 0 saturated carbocycles. The molecule has 0 bridgehead atoms. The average Bonchev–Trinajstić information content (AvgIpc) is 3.30. The van der Waals surface area contributed by atoms with Gasteiger partial charge in [-0.05, 0) is 83.7 Å². The first-order valence-electron chi connectivity index (χ1n) is 20.4. The van der Waals surface area contributed by atoms with E-state index in [1.807, 2.05) is 0 Å². The number of fused-ring (bicyclic) bond motifs is 1. The minimum absolute atomic E-state index is 0.0103. The number of anilines is 5. The standard InChI is InChI=1S/C36H33ClN10O25S8/c1-47(20-3-2-4-22(15-20)74(51,52)12-10-72-80(68,69)70)36-41-34(37)40-35(42-36)39-23-16-24(26(76(56,57)58)17-25(23)75(53,54)55)44-46-32-28(78(62,63)64)14-18-13-27(77(59,60)61)31(30(38)29(18)33(32)48)45-43-19-5-7-21(8-6-19)73(49,50)11-9-71-79(65,66)67/h2-8,13-17,48H,9-12,38H2,1H3,(H,53,54,55)(H,56,57,58)(H,59,60,61)(H,62,63,64)(H,65,66,67)(H,68,69,70)(H,39,40,41,42). The molecule has 0 saturated heterocycles. The molecule has 44 heteroatoms. The lowest BCUT2D eigenvalue weighted by Crippen LogP contribution is -2.17. The van der Waals surface area contributed by atoms with E-state index in [-0.39, 0.29) is 17.4 Å². The number of aromatic nitrogens is 3. The molecule has 6 rings (SSSR count). The highest BCUT2D eigenvalue weighted by Crippen LogP contribution is 2.49. The Hall–Kier alpha value is -6.66. The van der Waals surface area contributed by atoms with Crippen LogP contribution in [-0.2, 0) is 89.3 Å². The number of nitrogens with one attached hydrogen (secondary N) is 1. The molecule has 6 aromatic rings. The van der Waals surface area contributed by atoms with Crippen molar-refractivity contribution in [2.75, 3.05) is 47.7 Å². The van der Waals surface area contributed by atoms with Crippen molar-refractivity contribution in [3.8, 4) is 5.75 Å². The zero-order chi connectivity index (χ0) is 59.9. The van der Waals surface area contributed by atoms with Gasteiger partial charge < -0.3 is 21.1 Å². The van der Waals surface area contributed by atoms with Crippen molar-refractivity contribution in [1.82, 2.24) is 15.0 Å². The molecule has 0 fully saturated rings. The summed E-state index contributed by atoms with van der Waals surface area (Å²) in [6.45, 7) is -1.95. The van der Waals surface area contributed by atoms with E-state index in [0.29, 0.717) is 18.2 Å². The van der Waals surface area contributed by atoms with Crippen LogP contribution in [0.5, 0.6) is 5.75 Å². The van der Waals surface area contributed by atoms with Gasteiger partial charge in [0.1, 0.15) is 36.6 Å². The Labute approximate surface area is 456 Å². The molecular formula is C36H33ClN10O25S8. The van der Waals surface area contributed by atoms with E-state index < -0.39 is 197 Å². The van der Waals surface area contributed by atoms with Gasteiger partial charge in [0.15, 0.2) is 25.4 Å². The Bertz CT molecular complexity index is 4540. The molecule has 0 spiro atoms. The highest BCUT2D eigenvalue weighted by Gasteiger charge is 2.30. The molecule has 0 radical (unpaired) electrons. The van der Waals surface area contributed by atoms with Crippen molar-refractivity contribution < 1.29 is 108 Å². The minimum atomic E-state index is -5.68. The Balaban J connectivity index is 1.45. The predicted molar refractivity (Wildman–Crippen MR) is 272 cm³/mol. The van der Waals surface area contributed by atoms with Crippen LogP contribution < -0.4 is 16.0 Å². The van der Waals surface area contributed by atoms with Crippen LogP contribution in [0.2, 0.25) is 5.28 Å². The number of sulfone groups is 2. The third-order valence-corrected chi connectivity index (χ3v) is 18.1. The molecule has 1 aromatic heterocycles. The maximum atomic E-state index is 12.9. The van der Waals surface area contributed by atoms with Crippen molar-refractivity contribution in [1.29, 1.82) is 0 Å². The molecule has 1 heterocycles. The summed E-state index contributed by atoms with van der Waals surface area (Å²) < 4.78 is 263. The van der Waals surface area contributed by atoms with Gasteiger partial charge >= 0.3 is 20.8 Å².